The van der Waals surface area contributed by atoms with E-state index >= 15 is 0 Å². The van der Waals surface area contributed by atoms with Crippen LogP contribution in [-0.4, -0.2) is 11.6 Å². The average Bonchev–Trinajstić information content (AvgIpc) is 2.36. The van der Waals surface area contributed by atoms with Crippen LogP contribution in [-0.2, 0) is 0 Å². The minimum atomic E-state index is -0.357. The minimum absolute atomic E-state index is 0.357. The third kappa shape index (κ3) is 2.77. The topological polar surface area (TPSA) is 48.1 Å². The van der Waals surface area contributed by atoms with Gasteiger partial charge in [-0.25, -0.2) is 4.39 Å². The lowest BCUT2D eigenvalue weighted by atomic mass is 10.1. The van der Waals surface area contributed by atoms with Crippen molar-refractivity contribution >= 4 is 5.69 Å². The Hall–Kier alpha value is -2.10. The first kappa shape index (κ1) is 12.4. The molecule has 0 amide bonds. The molecule has 1 aromatic heterocycles. The van der Waals surface area contributed by atoms with Crippen molar-refractivity contribution in [2.24, 2.45) is 0 Å². The summed E-state index contributed by atoms with van der Waals surface area (Å²) >= 11 is 0. The molecule has 0 atom stereocenters. The number of halogens is 1. The normalized spacial score (nSPS) is 10.3. The van der Waals surface area contributed by atoms with E-state index in [4.69, 9.17) is 10.5 Å². The summed E-state index contributed by atoms with van der Waals surface area (Å²) in [7, 11) is 0. The smallest absolute Gasteiger partial charge is 0.138 e. The molecule has 0 aliphatic carbocycles. The molecule has 0 unspecified atom stereocenters. The predicted molar refractivity (Wildman–Crippen MR) is 69.8 cm³/mol. The van der Waals surface area contributed by atoms with Gasteiger partial charge < -0.3 is 10.5 Å². The number of pyridine rings is 1. The molecule has 2 rings (SSSR count). The number of ether oxygens (including phenoxy) is 1. The van der Waals surface area contributed by atoms with Gasteiger partial charge >= 0.3 is 0 Å². The monoisotopic (exact) mass is 246 g/mol. The van der Waals surface area contributed by atoms with Crippen molar-refractivity contribution in [1.29, 1.82) is 0 Å². The lowest BCUT2D eigenvalue weighted by molar-refractivity contribution is 0.316. The number of benzene rings is 1. The molecule has 0 saturated heterocycles. The van der Waals surface area contributed by atoms with E-state index in [9.17, 15) is 4.39 Å². The maximum atomic E-state index is 13.8. The van der Waals surface area contributed by atoms with Gasteiger partial charge in [-0.2, -0.15) is 0 Å². The Morgan fingerprint density at radius 2 is 2.11 bits per heavy atom. The number of anilines is 1. The molecule has 0 bridgehead atoms. The van der Waals surface area contributed by atoms with Gasteiger partial charge in [-0.3, -0.25) is 4.98 Å². The van der Waals surface area contributed by atoms with E-state index in [-0.39, 0.29) is 5.82 Å². The molecule has 18 heavy (non-hydrogen) atoms. The van der Waals surface area contributed by atoms with Crippen molar-refractivity contribution in [2.75, 3.05) is 12.3 Å². The van der Waals surface area contributed by atoms with E-state index in [0.29, 0.717) is 29.2 Å². The number of nitrogen functional groups attached to an aromatic ring is 1. The summed E-state index contributed by atoms with van der Waals surface area (Å²) in [4.78, 5) is 4.05. The van der Waals surface area contributed by atoms with Crippen molar-refractivity contribution in [1.82, 2.24) is 4.98 Å². The van der Waals surface area contributed by atoms with Gasteiger partial charge in [0.1, 0.15) is 11.6 Å². The molecule has 2 aromatic rings. The van der Waals surface area contributed by atoms with Crippen LogP contribution in [0, 0.1) is 5.82 Å². The Labute approximate surface area is 105 Å². The third-order valence-electron chi connectivity index (χ3n) is 2.49. The number of rotatable bonds is 4. The quantitative estimate of drug-likeness (QED) is 0.842. The van der Waals surface area contributed by atoms with Crippen LogP contribution in [0.5, 0.6) is 5.75 Å². The SMILES string of the molecule is CCCOc1cncc(-c2ccc(N)cc2F)c1. The van der Waals surface area contributed by atoms with E-state index in [1.165, 1.54) is 6.07 Å². The summed E-state index contributed by atoms with van der Waals surface area (Å²) in [6, 6.07) is 6.38. The highest BCUT2D eigenvalue weighted by molar-refractivity contribution is 5.66. The van der Waals surface area contributed by atoms with E-state index < -0.39 is 0 Å². The van der Waals surface area contributed by atoms with Gasteiger partial charge in [0.2, 0.25) is 0 Å². The molecule has 0 spiro atoms. The van der Waals surface area contributed by atoms with E-state index in [2.05, 4.69) is 4.98 Å². The Balaban J connectivity index is 2.32. The van der Waals surface area contributed by atoms with Crippen molar-refractivity contribution < 1.29 is 9.13 Å². The molecule has 0 aliphatic heterocycles. The molecule has 0 saturated carbocycles. The van der Waals surface area contributed by atoms with E-state index in [1.54, 1.807) is 30.6 Å². The first-order chi connectivity index (χ1) is 8.70. The first-order valence-corrected chi connectivity index (χ1v) is 5.84. The maximum absolute atomic E-state index is 13.8. The van der Waals surface area contributed by atoms with Gasteiger partial charge in [0.05, 0.1) is 12.8 Å². The zero-order valence-electron chi connectivity index (χ0n) is 10.2. The Kier molecular flexibility index (Phi) is 3.77. The van der Waals surface area contributed by atoms with Crippen LogP contribution in [0.3, 0.4) is 0 Å². The van der Waals surface area contributed by atoms with Gasteiger partial charge in [-0.15, -0.1) is 0 Å². The summed E-state index contributed by atoms with van der Waals surface area (Å²) in [6.45, 7) is 2.65. The fourth-order valence-electron chi connectivity index (χ4n) is 1.63. The highest BCUT2D eigenvalue weighted by atomic mass is 19.1. The number of nitrogens with two attached hydrogens (primary N) is 1. The molecule has 1 heterocycles. The Morgan fingerprint density at radius 1 is 1.28 bits per heavy atom. The number of hydrogen-bond acceptors (Lipinski definition) is 3. The molecule has 0 aliphatic rings. The lowest BCUT2D eigenvalue weighted by Gasteiger charge is -2.07. The zero-order chi connectivity index (χ0) is 13.0. The molecular formula is C14H15FN2O. The van der Waals surface area contributed by atoms with Crippen LogP contribution < -0.4 is 10.5 Å². The van der Waals surface area contributed by atoms with E-state index in [0.717, 1.165) is 6.42 Å². The molecule has 94 valence electrons. The molecular weight excluding hydrogens is 231 g/mol. The minimum Gasteiger partial charge on any atom is -0.492 e. The largest absolute Gasteiger partial charge is 0.492 e. The van der Waals surface area contributed by atoms with Crippen LogP contribution in [0.2, 0.25) is 0 Å². The average molecular weight is 246 g/mol. The summed E-state index contributed by atoms with van der Waals surface area (Å²) in [5, 5.41) is 0. The number of aromatic nitrogens is 1. The van der Waals surface area contributed by atoms with Gasteiger partial charge in [0, 0.05) is 23.0 Å². The fraction of sp³-hybridized carbons (Fsp3) is 0.214. The Bertz CT molecular complexity index is 543. The molecule has 4 heteroatoms. The Morgan fingerprint density at radius 3 is 2.83 bits per heavy atom. The van der Waals surface area contributed by atoms with Crippen LogP contribution in [0.1, 0.15) is 13.3 Å². The second-order valence-electron chi connectivity index (χ2n) is 4.00. The summed E-state index contributed by atoms with van der Waals surface area (Å²) in [5.41, 5.74) is 7.08. The fourth-order valence-corrected chi connectivity index (χ4v) is 1.63. The predicted octanol–water partition coefficient (Wildman–Crippen LogP) is 3.26. The van der Waals surface area contributed by atoms with Crippen LogP contribution in [0.4, 0.5) is 10.1 Å². The summed E-state index contributed by atoms with van der Waals surface area (Å²) in [6.07, 6.45) is 4.14. The van der Waals surface area contributed by atoms with Crippen molar-refractivity contribution in [3.8, 4) is 16.9 Å². The van der Waals surface area contributed by atoms with Crippen LogP contribution in [0.15, 0.2) is 36.7 Å². The number of hydrogen-bond donors (Lipinski definition) is 1. The second kappa shape index (κ2) is 5.49. The lowest BCUT2D eigenvalue weighted by Crippen LogP contribution is -1.96. The van der Waals surface area contributed by atoms with Gasteiger partial charge in [-0.1, -0.05) is 6.92 Å². The highest BCUT2D eigenvalue weighted by Crippen LogP contribution is 2.26. The van der Waals surface area contributed by atoms with E-state index in [1.807, 2.05) is 6.92 Å². The number of nitrogens with zero attached hydrogens (tertiary/aromatic N) is 1. The van der Waals surface area contributed by atoms with Gasteiger partial charge in [0.25, 0.3) is 0 Å². The molecule has 2 N–H and O–H groups in total. The molecule has 1 aromatic carbocycles. The second-order valence-corrected chi connectivity index (χ2v) is 4.00. The molecule has 0 fully saturated rings. The molecule has 3 nitrogen and oxygen atoms in total. The first-order valence-electron chi connectivity index (χ1n) is 5.84. The van der Waals surface area contributed by atoms with Gasteiger partial charge in [-0.05, 0) is 30.7 Å². The summed E-state index contributed by atoms with van der Waals surface area (Å²) in [5.74, 6) is 0.287. The maximum Gasteiger partial charge on any atom is 0.138 e. The standard InChI is InChI=1S/C14H15FN2O/c1-2-5-18-12-6-10(8-17-9-12)13-4-3-11(16)7-14(13)15/h3-4,6-9H,2,5,16H2,1H3. The van der Waals surface area contributed by atoms with Crippen molar-refractivity contribution in [3.63, 3.8) is 0 Å². The highest BCUT2D eigenvalue weighted by Gasteiger charge is 2.07. The van der Waals surface area contributed by atoms with Crippen molar-refractivity contribution in [2.45, 2.75) is 13.3 Å². The van der Waals surface area contributed by atoms with Gasteiger partial charge in [0.15, 0.2) is 0 Å². The zero-order valence-corrected chi connectivity index (χ0v) is 10.2. The van der Waals surface area contributed by atoms with Crippen LogP contribution >= 0.6 is 0 Å². The molecule has 0 radical (unpaired) electrons. The van der Waals surface area contributed by atoms with Crippen molar-refractivity contribution in [3.05, 3.63) is 42.5 Å². The van der Waals surface area contributed by atoms with Crippen LogP contribution in [0.25, 0.3) is 11.1 Å². The third-order valence-corrected chi connectivity index (χ3v) is 2.49. The summed E-state index contributed by atoms with van der Waals surface area (Å²) < 4.78 is 19.2.